The average molecular weight is 214 g/mol. The van der Waals surface area contributed by atoms with Crippen molar-refractivity contribution < 1.29 is 4.42 Å². The molecule has 0 saturated heterocycles. The number of rotatable bonds is 1. The molecule has 0 radical (unpaired) electrons. The van der Waals surface area contributed by atoms with Crippen molar-refractivity contribution in [3.05, 3.63) is 22.6 Å². The number of nitrogens with two attached hydrogens (primary N) is 1. The molecule has 14 heavy (non-hydrogen) atoms. The van der Waals surface area contributed by atoms with Crippen LogP contribution in [0, 0.1) is 5.92 Å². The molecule has 1 aromatic rings. The van der Waals surface area contributed by atoms with E-state index in [9.17, 15) is 0 Å². The van der Waals surface area contributed by atoms with Crippen molar-refractivity contribution in [3.8, 4) is 0 Å². The quantitative estimate of drug-likeness (QED) is 0.779. The zero-order chi connectivity index (χ0) is 10.3. The molecule has 2 nitrogen and oxygen atoms in total. The maximum absolute atomic E-state index is 5.98. The van der Waals surface area contributed by atoms with Crippen LogP contribution in [0.4, 0.5) is 0 Å². The van der Waals surface area contributed by atoms with Gasteiger partial charge < -0.3 is 10.2 Å². The first-order chi connectivity index (χ1) is 6.59. The standard InChI is InChI=1S/C11H16ClNO/c1-6-3-4-8-5-9(12)14-11(8)10(6)7(2)13/h5-7,10H,3-4,13H2,1-2H3. The predicted molar refractivity (Wildman–Crippen MR) is 57.6 cm³/mol. The van der Waals surface area contributed by atoms with Gasteiger partial charge in [-0.25, -0.2) is 0 Å². The molecule has 1 aliphatic rings. The Labute approximate surface area is 89.4 Å². The molecule has 0 spiro atoms. The average Bonchev–Trinajstić information content (AvgIpc) is 2.43. The summed E-state index contributed by atoms with van der Waals surface area (Å²) < 4.78 is 5.54. The Hall–Kier alpha value is -0.470. The fourth-order valence-electron chi connectivity index (χ4n) is 2.46. The zero-order valence-electron chi connectivity index (χ0n) is 8.59. The Morgan fingerprint density at radius 1 is 1.64 bits per heavy atom. The summed E-state index contributed by atoms with van der Waals surface area (Å²) in [5, 5.41) is 0.495. The zero-order valence-corrected chi connectivity index (χ0v) is 9.34. The summed E-state index contributed by atoms with van der Waals surface area (Å²) in [6, 6.07) is 2.06. The van der Waals surface area contributed by atoms with Crippen molar-refractivity contribution in [2.45, 2.75) is 38.6 Å². The number of hydrogen-bond acceptors (Lipinski definition) is 2. The highest BCUT2D eigenvalue weighted by Crippen LogP contribution is 2.40. The second-order valence-electron chi connectivity index (χ2n) is 4.34. The molecule has 3 atom stereocenters. The maximum Gasteiger partial charge on any atom is 0.193 e. The lowest BCUT2D eigenvalue weighted by molar-refractivity contribution is 0.306. The van der Waals surface area contributed by atoms with Crippen molar-refractivity contribution in [1.82, 2.24) is 0 Å². The van der Waals surface area contributed by atoms with Gasteiger partial charge in [-0.15, -0.1) is 0 Å². The molecule has 2 rings (SSSR count). The number of furan rings is 1. The minimum atomic E-state index is 0.131. The van der Waals surface area contributed by atoms with Crippen LogP contribution in [0.25, 0.3) is 0 Å². The van der Waals surface area contributed by atoms with Crippen LogP contribution < -0.4 is 5.73 Å². The number of halogens is 1. The number of fused-ring (bicyclic) bond motifs is 1. The van der Waals surface area contributed by atoms with E-state index in [0.717, 1.165) is 12.2 Å². The summed E-state index contributed by atoms with van der Waals surface area (Å²) >= 11 is 5.86. The van der Waals surface area contributed by atoms with E-state index < -0.39 is 0 Å². The summed E-state index contributed by atoms with van der Waals surface area (Å²) in [5.41, 5.74) is 7.22. The lowest BCUT2D eigenvalue weighted by Gasteiger charge is -2.30. The molecule has 0 amide bonds. The molecule has 78 valence electrons. The highest BCUT2D eigenvalue weighted by molar-refractivity contribution is 6.28. The fraction of sp³-hybridized carbons (Fsp3) is 0.636. The normalized spacial score (nSPS) is 28.6. The first-order valence-corrected chi connectivity index (χ1v) is 5.51. The van der Waals surface area contributed by atoms with Gasteiger partial charge in [0, 0.05) is 12.0 Å². The van der Waals surface area contributed by atoms with Crippen LogP contribution >= 0.6 is 11.6 Å². The molecule has 1 heterocycles. The summed E-state index contributed by atoms with van der Waals surface area (Å²) in [6.07, 6.45) is 2.24. The minimum absolute atomic E-state index is 0.131. The van der Waals surface area contributed by atoms with Crippen molar-refractivity contribution in [2.24, 2.45) is 11.7 Å². The summed E-state index contributed by atoms with van der Waals surface area (Å²) in [7, 11) is 0. The van der Waals surface area contributed by atoms with Crippen LogP contribution in [0.5, 0.6) is 0 Å². The smallest absolute Gasteiger partial charge is 0.193 e. The molecular weight excluding hydrogens is 198 g/mol. The van der Waals surface area contributed by atoms with Crippen molar-refractivity contribution in [3.63, 3.8) is 0 Å². The number of aryl methyl sites for hydroxylation is 1. The third-order valence-electron chi connectivity index (χ3n) is 3.16. The molecule has 3 unspecified atom stereocenters. The summed E-state index contributed by atoms with van der Waals surface area (Å²) in [5.74, 6) is 1.93. The Kier molecular flexibility index (Phi) is 2.58. The minimum Gasteiger partial charge on any atom is -0.449 e. The van der Waals surface area contributed by atoms with Gasteiger partial charge in [0.25, 0.3) is 0 Å². The van der Waals surface area contributed by atoms with Crippen LogP contribution in [-0.4, -0.2) is 6.04 Å². The van der Waals surface area contributed by atoms with Crippen LogP contribution in [0.1, 0.15) is 37.5 Å². The highest BCUT2D eigenvalue weighted by Gasteiger charge is 2.32. The van der Waals surface area contributed by atoms with Gasteiger partial charge in [0.15, 0.2) is 5.22 Å². The summed E-state index contributed by atoms with van der Waals surface area (Å²) in [4.78, 5) is 0. The third-order valence-corrected chi connectivity index (χ3v) is 3.35. The van der Waals surface area contributed by atoms with Crippen LogP contribution in [-0.2, 0) is 6.42 Å². The molecule has 1 aliphatic carbocycles. The Morgan fingerprint density at radius 3 is 3.00 bits per heavy atom. The van der Waals surface area contributed by atoms with E-state index in [4.69, 9.17) is 21.8 Å². The van der Waals surface area contributed by atoms with E-state index in [-0.39, 0.29) is 6.04 Å². The van der Waals surface area contributed by atoms with Crippen molar-refractivity contribution >= 4 is 11.6 Å². The lowest BCUT2D eigenvalue weighted by Crippen LogP contribution is -2.32. The van der Waals surface area contributed by atoms with E-state index in [1.54, 1.807) is 0 Å². The first kappa shape index (κ1) is 10.1. The van der Waals surface area contributed by atoms with Gasteiger partial charge in [-0.05, 0) is 48.9 Å². The van der Waals surface area contributed by atoms with Gasteiger partial charge in [-0.1, -0.05) is 6.92 Å². The Morgan fingerprint density at radius 2 is 2.36 bits per heavy atom. The van der Waals surface area contributed by atoms with E-state index in [1.165, 1.54) is 12.0 Å². The molecule has 0 aliphatic heterocycles. The van der Waals surface area contributed by atoms with Crippen molar-refractivity contribution in [2.75, 3.05) is 0 Å². The topological polar surface area (TPSA) is 39.2 Å². The van der Waals surface area contributed by atoms with Gasteiger partial charge in [-0.2, -0.15) is 0 Å². The van der Waals surface area contributed by atoms with Crippen LogP contribution in [0.15, 0.2) is 10.5 Å². The first-order valence-electron chi connectivity index (χ1n) is 5.13. The van der Waals surface area contributed by atoms with Gasteiger partial charge in [-0.3, -0.25) is 0 Å². The molecule has 3 heteroatoms. The van der Waals surface area contributed by atoms with Crippen LogP contribution in [0.2, 0.25) is 5.22 Å². The predicted octanol–water partition coefficient (Wildman–Crippen LogP) is 2.95. The lowest BCUT2D eigenvalue weighted by atomic mass is 9.77. The summed E-state index contributed by atoms with van der Waals surface area (Å²) in [6.45, 7) is 4.26. The van der Waals surface area contributed by atoms with E-state index >= 15 is 0 Å². The van der Waals surface area contributed by atoms with E-state index in [0.29, 0.717) is 17.1 Å². The highest BCUT2D eigenvalue weighted by atomic mass is 35.5. The molecule has 0 aromatic carbocycles. The van der Waals surface area contributed by atoms with E-state index in [2.05, 4.69) is 6.92 Å². The number of hydrogen-bond donors (Lipinski definition) is 1. The van der Waals surface area contributed by atoms with E-state index in [1.807, 2.05) is 13.0 Å². The molecule has 1 aromatic heterocycles. The van der Waals surface area contributed by atoms with Gasteiger partial charge in [0.2, 0.25) is 0 Å². The molecule has 2 N–H and O–H groups in total. The van der Waals surface area contributed by atoms with Gasteiger partial charge in [0.05, 0.1) is 0 Å². The van der Waals surface area contributed by atoms with Crippen molar-refractivity contribution in [1.29, 1.82) is 0 Å². The van der Waals surface area contributed by atoms with Gasteiger partial charge >= 0.3 is 0 Å². The third kappa shape index (κ3) is 1.57. The second-order valence-corrected chi connectivity index (χ2v) is 4.71. The monoisotopic (exact) mass is 213 g/mol. The molecular formula is C11H16ClNO. The van der Waals surface area contributed by atoms with Gasteiger partial charge in [0.1, 0.15) is 5.76 Å². The molecule has 0 saturated carbocycles. The SMILES string of the molecule is CC(N)C1c2oc(Cl)cc2CCC1C. The molecule has 0 bridgehead atoms. The maximum atomic E-state index is 5.98. The van der Waals surface area contributed by atoms with Crippen LogP contribution in [0.3, 0.4) is 0 Å². The fourth-order valence-corrected chi connectivity index (χ4v) is 2.68. The Balaban J connectivity index is 2.40. The Bertz CT molecular complexity index is 332. The largest absolute Gasteiger partial charge is 0.449 e. The second kappa shape index (κ2) is 3.59. The molecule has 0 fully saturated rings.